The number of carbonyl (C=O) groups is 1. The lowest BCUT2D eigenvalue weighted by atomic mass is 10.1. The van der Waals surface area contributed by atoms with Gasteiger partial charge in [0.15, 0.2) is 5.16 Å². The van der Waals surface area contributed by atoms with Crippen LogP contribution in [-0.4, -0.2) is 26.4 Å². The van der Waals surface area contributed by atoms with Crippen LogP contribution < -0.4 is 5.32 Å². The lowest BCUT2D eigenvalue weighted by Gasteiger charge is -2.14. The molecule has 0 fully saturated rings. The largest absolute Gasteiger partial charge is 0.349 e. The molecule has 0 bridgehead atoms. The molecule has 0 saturated heterocycles. The first-order valence-corrected chi connectivity index (χ1v) is 9.13. The maximum Gasteiger partial charge on any atom is 0.230 e. The van der Waals surface area contributed by atoms with Crippen molar-refractivity contribution in [2.45, 2.75) is 18.1 Å². The SMILES string of the molecule is C[C@H](NC(=O)CSc1nncn1-c1ccccc1)c1ccc(Cl)cc1. The second-order valence-electron chi connectivity index (χ2n) is 5.45. The first kappa shape index (κ1) is 17.5. The Morgan fingerprint density at radius 2 is 1.92 bits per heavy atom. The first-order chi connectivity index (χ1) is 12.1. The Hall–Kier alpha value is -2.31. The van der Waals surface area contributed by atoms with E-state index in [9.17, 15) is 4.79 Å². The van der Waals surface area contributed by atoms with E-state index >= 15 is 0 Å². The second kappa shape index (κ2) is 8.18. The molecule has 3 rings (SSSR count). The van der Waals surface area contributed by atoms with E-state index in [1.54, 1.807) is 6.33 Å². The monoisotopic (exact) mass is 372 g/mol. The lowest BCUT2D eigenvalue weighted by molar-refractivity contribution is -0.119. The molecular formula is C18H17ClN4OS. The van der Waals surface area contributed by atoms with Crippen LogP contribution in [0.4, 0.5) is 0 Å². The second-order valence-corrected chi connectivity index (χ2v) is 6.83. The predicted octanol–water partition coefficient (Wildman–Crippen LogP) is 3.89. The number of thioether (sulfide) groups is 1. The van der Waals surface area contributed by atoms with E-state index in [1.807, 2.05) is 66.1 Å². The Bertz CT molecular complexity index is 836. The van der Waals surface area contributed by atoms with Crippen LogP contribution in [0.5, 0.6) is 0 Å². The van der Waals surface area contributed by atoms with Crippen LogP contribution in [0.15, 0.2) is 66.1 Å². The molecule has 25 heavy (non-hydrogen) atoms. The molecule has 5 nitrogen and oxygen atoms in total. The summed E-state index contributed by atoms with van der Waals surface area (Å²) in [6.07, 6.45) is 1.64. The van der Waals surface area contributed by atoms with Gasteiger partial charge in [-0.05, 0) is 36.8 Å². The summed E-state index contributed by atoms with van der Waals surface area (Å²) in [6, 6.07) is 17.1. The molecular weight excluding hydrogens is 356 g/mol. The van der Waals surface area contributed by atoms with Crippen molar-refractivity contribution in [2.75, 3.05) is 5.75 Å². The molecule has 0 aliphatic heterocycles. The Kier molecular flexibility index (Phi) is 5.73. The molecule has 1 heterocycles. The van der Waals surface area contributed by atoms with Gasteiger partial charge in [-0.3, -0.25) is 9.36 Å². The molecule has 1 aromatic heterocycles. The van der Waals surface area contributed by atoms with Gasteiger partial charge in [-0.25, -0.2) is 0 Å². The van der Waals surface area contributed by atoms with E-state index in [0.717, 1.165) is 11.3 Å². The average Bonchev–Trinajstić information content (AvgIpc) is 3.10. The quantitative estimate of drug-likeness (QED) is 0.667. The van der Waals surface area contributed by atoms with Crippen LogP contribution in [0.2, 0.25) is 5.02 Å². The molecule has 3 aromatic rings. The van der Waals surface area contributed by atoms with Gasteiger partial charge in [0.25, 0.3) is 0 Å². The zero-order valence-electron chi connectivity index (χ0n) is 13.6. The molecule has 0 aliphatic carbocycles. The highest BCUT2D eigenvalue weighted by molar-refractivity contribution is 7.99. The van der Waals surface area contributed by atoms with E-state index in [4.69, 9.17) is 11.6 Å². The normalized spacial score (nSPS) is 11.9. The van der Waals surface area contributed by atoms with Gasteiger partial charge in [0.05, 0.1) is 11.8 Å². The molecule has 0 aliphatic rings. The maximum atomic E-state index is 12.2. The van der Waals surface area contributed by atoms with Crippen molar-refractivity contribution in [3.05, 3.63) is 71.5 Å². The summed E-state index contributed by atoms with van der Waals surface area (Å²) in [5.41, 5.74) is 1.97. The molecule has 7 heteroatoms. The number of amides is 1. The van der Waals surface area contributed by atoms with Crippen molar-refractivity contribution in [3.8, 4) is 5.69 Å². The van der Waals surface area contributed by atoms with Crippen LogP contribution in [-0.2, 0) is 4.79 Å². The number of nitrogens with zero attached hydrogens (tertiary/aromatic N) is 3. The molecule has 0 saturated carbocycles. The highest BCUT2D eigenvalue weighted by Crippen LogP contribution is 2.20. The van der Waals surface area contributed by atoms with Crippen molar-refractivity contribution in [1.82, 2.24) is 20.1 Å². The Labute approximate surface area is 155 Å². The van der Waals surface area contributed by atoms with Crippen molar-refractivity contribution < 1.29 is 4.79 Å². The fraction of sp³-hybridized carbons (Fsp3) is 0.167. The van der Waals surface area contributed by atoms with Crippen LogP contribution in [0.1, 0.15) is 18.5 Å². The Balaban J connectivity index is 1.58. The third kappa shape index (κ3) is 4.61. The van der Waals surface area contributed by atoms with E-state index in [2.05, 4.69) is 15.5 Å². The summed E-state index contributed by atoms with van der Waals surface area (Å²) in [4.78, 5) is 12.2. The molecule has 2 aromatic carbocycles. The summed E-state index contributed by atoms with van der Waals surface area (Å²) in [7, 11) is 0. The number of hydrogen-bond acceptors (Lipinski definition) is 4. The fourth-order valence-electron chi connectivity index (χ4n) is 2.34. The third-order valence-electron chi connectivity index (χ3n) is 3.63. The van der Waals surface area contributed by atoms with Crippen molar-refractivity contribution in [3.63, 3.8) is 0 Å². The van der Waals surface area contributed by atoms with Gasteiger partial charge in [-0.15, -0.1) is 10.2 Å². The van der Waals surface area contributed by atoms with Gasteiger partial charge in [0.2, 0.25) is 5.91 Å². The molecule has 128 valence electrons. The highest BCUT2D eigenvalue weighted by Gasteiger charge is 2.13. The van der Waals surface area contributed by atoms with Crippen LogP contribution in [0.3, 0.4) is 0 Å². The number of rotatable bonds is 6. The Morgan fingerprint density at radius 1 is 1.20 bits per heavy atom. The minimum absolute atomic E-state index is 0.0601. The van der Waals surface area contributed by atoms with Crippen LogP contribution >= 0.6 is 23.4 Å². The Morgan fingerprint density at radius 3 is 2.64 bits per heavy atom. The summed E-state index contributed by atoms with van der Waals surface area (Å²) in [5, 5.41) is 12.4. The minimum Gasteiger partial charge on any atom is -0.349 e. The van der Waals surface area contributed by atoms with Crippen LogP contribution in [0.25, 0.3) is 5.69 Å². The zero-order chi connectivity index (χ0) is 17.6. The van der Waals surface area contributed by atoms with Crippen LogP contribution in [0, 0.1) is 0 Å². The zero-order valence-corrected chi connectivity index (χ0v) is 15.2. The molecule has 0 spiro atoms. The highest BCUT2D eigenvalue weighted by atomic mass is 35.5. The number of halogens is 1. The molecule has 0 radical (unpaired) electrons. The standard InChI is InChI=1S/C18H17ClN4OS/c1-13(14-7-9-15(19)10-8-14)21-17(24)11-25-18-22-20-12-23(18)16-5-3-2-4-6-16/h2-10,12-13H,11H2,1H3,(H,21,24)/t13-/m0/s1. The lowest BCUT2D eigenvalue weighted by Crippen LogP contribution is -2.28. The summed E-state index contributed by atoms with van der Waals surface area (Å²) >= 11 is 7.24. The molecule has 1 atom stereocenters. The van der Waals surface area contributed by atoms with Crippen molar-refractivity contribution >= 4 is 29.3 Å². The van der Waals surface area contributed by atoms with Gasteiger partial charge >= 0.3 is 0 Å². The number of para-hydroxylation sites is 1. The van der Waals surface area contributed by atoms with E-state index in [1.165, 1.54) is 11.8 Å². The smallest absolute Gasteiger partial charge is 0.230 e. The topological polar surface area (TPSA) is 59.8 Å². The van der Waals surface area contributed by atoms with E-state index in [0.29, 0.717) is 10.2 Å². The van der Waals surface area contributed by atoms with Gasteiger partial charge in [0, 0.05) is 10.7 Å². The number of carbonyl (C=O) groups excluding carboxylic acids is 1. The van der Waals surface area contributed by atoms with Crippen molar-refractivity contribution in [2.24, 2.45) is 0 Å². The number of benzene rings is 2. The van der Waals surface area contributed by atoms with E-state index < -0.39 is 0 Å². The summed E-state index contributed by atoms with van der Waals surface area (Å²) < 4.78 is 1.86. The molecule has 0 unspecified atom stereocenters. The van der Waals surface area contributed by atoms with Crippen molar-refractivity contribution in [1.29, 1.82) is 0 Å². The van der Waals surface area contributed by atoms with Gasteiger partial charge in [-0.1, -0.05) is 53.7 Å². The molecule has 1 amide bonds. The average molecular weight is 373 g/mol. The van der Waals surface area contributed by atoms with Gasteiger partial charge < -0.3 is 5.32 Å². The predicted molar refractivity (Wildman–Crippen MR) is 100 cm³/mol. The molecule has 1 N–H and O–H groups in total. The van der Waals surface area contributed by atoms with Gasteiger partial charge in [0.1, 0.15) is 6.33 Å². The summed E-state index contributed by atoms with van der Waals surface area (Å²) in [5.74, 6) is 0.207. The number of nitrogens with one attached hydrogen (secondary N) is 1. The van der Waals surface area contributed by atoms with Gasteiger partial charge in [-0.2, -0.15) is 0 Å². The maximum absolute atomic E-state index is 12.2. The first-order valence-electron chi connectivity index (χ1n) is 7.76. The number of hydrogen-bond donors (Lipinski definition) is 1. The fourth-order valence-corrected chi connectivity index (χ4v) is 3.20. The summed E-state index contributed by atoms with van der Waals surface area (Å²) in [6.45, 7) is 1.94. The third-order valence-corrected chi connectivity index (χ3v) is 4.83. The van der Waals surface area contributed by atoms with E-state index in [-0.39, 0.29) is 17.7 Å². The minimum atomic E-state index is -0.0858. The number of aromatic nitrogens is 3.